The second-order valence-electron chi connectivity index (χ2n) is 4.07. The number of carbonyl (C=O) groups excluding carboxylic acids is 2. The maximum absolute atomic E-state index is 12.7. The van der Waals surface area contributed by atoms with Crippen LogP contribution in [0.2, 0.25) is 0 Å². The van der Waals surface area contributed by atoms with Gasteiger partial charge in [0.15, 0.2) is 0 Å². The molecule has 2 N–H and O–H groups in total. The van der Waals surface area contributed by atoms with Crippen LogP contribution in [0.5, 0.6) is 0 Å². The smallest absolute Gasteiger partial charge is 0.321 e. The van der Waals surface area contributed by atoms with E-state index >= 15 is 0 Å². The molecular weight excluding hydrogens is 267 g/mol. The van der Waals surface area contributed by atoms with Gasteiger partial charge in [0.2, 0.25) is 5.91 Å². The number of hydrogen-bond acceptors (Lipinski definition) is 3. The Bertz CT molecular complexity index is 437. The summed E-state index contributed by atoms with van der Waals surface area (Å²) in [6.45, 7) is 3.80. The Morgan fingerprint density at radius 2 is 1.95 bits per heavy atom. The minimum absolute atomic E-state index is 0.0255. The first-order chi connectivity index (χ1) is 9.01. The van der Waals surface area contributed by atoms with Crippen molar-refractivity contribution in [3.05, 3.63) is 30.1 Å². The third-order valence-corrected chi connectivity index (χ3v) is 3.44. The van der Waals surface area contributed by atoms with Gasteiger partial charge in [-0.2, -0.15) is 0 Å². The van der Waals surface area contributed by atoms with Crippen LogP contribution in [0.25, 0.3) is 0 Å². The molecule has 0 saturated heterocycles. The fourth-order valence-electron chi connectivity index (χ4n) is 1.20. The molecule has 104 valence electrons. The molecule has 0 heterocycles. The molecule has 0 bridgehead atoms. The van der Waals surface area contributed by atoms with Gasteiger partial charge >= 0.3 is 6.03 Å². The summed E-state index contributed by atoms with van der Waals surface area (Å²) >= 11 is 1.25. The quantitative estimate of drug-likeness (QED) is 0.817. The number of thioether (sulfide) groups is 1. The lowest BCUT2D eigenvalue weighted by Gasteiger charge is -2.11. The molecule has 1 aromatic carbocycles. The molecule has 4 nitrogen and oxygen atoms in total. The van der Waals surface area contributed by atoms with Crippen molar-refractivity contribution in [3.8, 4) is 0 Å². The molecule has 0 aliphatic carbocycles. The van der Waals surface area contributed by atoms with Crippen LogP contribution in [-0.2, 0) is 4.79 Å². The molecule has 0 radical (unpaired) electrons. The third-order valence-electron chi connectivity index (χ3n) is 2.43. The fraction of sp³-hybridized carbons (Fsp3) is 0.385. The van der Waals surface area contributed by atoms with E-state index in [4.69, 9.17) is 0 Å². The summed E-state index contributed by atoms with van der Waals surface area (Å²) in [5.74, 6) is -0.587. The van der Waals surface area contributed by atoms with Crippen LogP contribution in [0.15, 0.2) is 29.2 Å². The van der Waals surface area contributed by atoms with Gasteiger partial charge < -0.3 is 5.32 Å². The van der Waals surface area contributed by atoms with E-state index in [0.717, 1.165) is 11.3 Å². The summed E-state index contributed by atoms with van der Waals surface area (Å²) in [5, 5.41) is 4.88. The molecule has 0 aliphatic rings. The summed E-state index contributed by atoms with van der Waals surface area (Å²) in [7, 11) is 0. The number of urea groups is 1. The molecule has 0 saturated carbocycles. The molecule has 1 rings (SSSR count). The molecular formula is C13H17FN2O2S. The van der Waals surface area contributed by atoms with Gasteiger partial charge in [-0.05, 0) is 37.6 Å². The predicted molar refractivity (Wildman–Crippen MR) is 73.6 cm³/mol. The van der Waals surface area contributed by atoms with E-state index in [9.17, 15) is 14.0 Å². The Balaban J connectivity index is 2.31. The van der Waals surface area contributed by atoms with E-state index in [1.165, 1.54) is 23.9 Å². The molecule has 0 spiro atoms. The topological polar surface area (TPSA) is 58.2 Å². The van der Waals surface area contributed by atoms with E-state index < -0.39 is 6.03 Å². The lowest BCUT2D eigenvalue weighted by molar-refractivity contribution is -0.117. The van der Waals surface area contributed by atoms with Gasteiger partial charge in [0.05, 0.1) is 5.75 Å². The largest absolute Gasteiger partial charge is 0.335 e. The average Bonchev–Trinajstić information content (AvgIpc) is 2.37. The van der Waals surface area contributed by atoms with Crippen LogP contribution in [0, 0.1) is 5.82 Å². The SMILES string of the molecule is CC[C@H](C)NC(=O)NC(=O)CSc1ccc(F)cc1. The average molecular weight is 284 g/mol. The number of benzene rings is 1. The standard InChI is InChI=1S/C13H17FN2O2S/c1-3-9(2)15-13(18)16-12(17)8-19-11-6-4-10(14)5-7-11/h4-7,9H,3,8H2,1-2H3,(H2,15,16,17,18)/t9-/m0/s1. The second kappa shape index (κ2) is 7.78. The summed E-state index contributed by atoms with van der Waals surface area (Å²) in [6, 6.07) is 5.38. The van der Waals surface area contributed by atoms with Crippen molar-refractivity contribution in [2.75, 3.05) is 5.75 Å². The molecule has 0 aromatic heterocycles. The van der Waals surface area contributed by atoms with Gasteiger partial charge in [-0.3, -0.25) is 10.1 Å². The van der Waals surface area contributed by atoms with Crippen molar-refractivity contribution in [2.45, 2.75) is 31.2 Å². The van der Waals surface area contributed by atoms with E-state index in [1.807, 2.05) is 13.8 Å². The summed E-state index contributed by atoms with van der Waals surface area (Å²) in [6.07, 6.45) is 0.798. The maximum Gasteiger partial charge on any atom is 0.321 e. The third kappa shape index (κ3) is 6.24. The lowest BCUT2D eigenvalue weighted by atomic mass is 10.3. The van der Waals surface area contributed by atoms with Crippen LogP contribution in [-0.4, -0.2) is 23.7 Å². The highest BCUT2D eigenvalue weighted by Gasteiger charge is 2.09. The maximum atomic E-state index is 12.7. The van der Waals surface area contributed by atoms with Gasteiger partial charge in [0.25, 0.3) is 0 Å². The molecule has 0 fully saturated rings. The van der Waals surface area contributed by atoms with E-state index in [2.05, 4.69) is 10.6 Å². The van der Waals surface area contributed by atoms with Crippen molar-refractivity contribution in [3.63, 3.8) is 0 Å². The van der Waals surface area contributed by atoms with Crippen molar-refractivity contribution in [1.29, 1.82) is 0 Å². The van der Waals surface area contributed by atoms with Gasteiger partial charge in [-0.25, -0.2) is 9.18 Å². The minimum atomic E-state index is -0.487. The van der Waals surface area contributed by atoms with Crippen molar-refractivity contribution in [2.24, 2.45) is 0 Å². The number of halogens is 1. The Kier molecular flexibility index (Phi) is 6.35. The lowest BCUT2D eigenvalue weighted by Crippen LogP contribution is -2.43. The first kappa shape index (κ1) is 15.5. The Hall–Kier alpha value is -1.56. The molecule has 0 aliphatic heterocycles. The van der Waals surface area contributed by atoms with Crippen LogP contribution in [0.3, 0.4) is 0 Å². The number of imide groups is 1. The van der Waals surface area contributed by atoms with Crippen LogP contribution < -0.4 is 10.6 Å². The molecule has 19 heavy (non-hydrogen) atoms. The molecule has 1 aromatic rings. The van der Waals surface area contributed by atoms with E-state index in [1.54, 1.807) is 12.1 Å². The fourth-order valence-corrected chi connectivity index (χ4v) is 1.90. The van der Waals surface area contributed by atoms with E-state index in [-0.39, 0.29) is 23.5 Å². The zero-order valence-corrected chi connectivity index (χ0v) is 11.7. The second-order valence-corrected chi connectivity index (χ2v) is 5.12. The number of hydrogen-bond donors (Lipinski definition) is 2. The molecule has 1 atom stereocenters. The first-order valence-corrected chi connectivity index (χ1v) is 6.98. The monoisotopic (exact) mass is 284 g/mol. The summed E-state index contributed by atoms with van der Waals surface area (Å²) < 4.78 is 12.7. The zero-order valence-electron chi connectivity index (χ0n) is 10.9. The van der Waals surface area contributed by atoms with Gasteiger partial charge in [-0.1, -0.05) is 6.92 Å². The van der Waals surface area contributed by atoms with Crippen molar-refractivity contribution in [1.82, 2.24) is 10.6 Å². The number of amides is 3. The predicted octanol–water partition coefficient (Wildman–Crippen LogP) is 2.54. The van der Waals surface area contributed by atoms with Crippen LogP contribution >= 0.6 is 11.8 Å². The summed E-state index contributed by atoms with van der Waals surface area (Å²) in [5.41, 5.74) is 0. The Labute approximate surface area is 116 Å². The molecule has 0 unspecified atom stereocenters. The molecule has 6 heteroatoms. The number of rotatable bonds is 5. The van der Waals surface area contributed by atoms with Crippen LogP contribution in [0.1, 0.15) is 20.3 Å². The van der Waals surface area contributed by atoms with Gasteiger partial charge in [0.1, 0.15) is 5.82 Å². The Morgan fingerprint density at radius 1 is 1.32 bits per heavy atom. The normalized spacial score (nSPS) is 11.7. The Morgan fingerprint density at radius 3 is 2.53 bits per heavy atom. The first-order valence-electron chi connectivity index (χ1n) is 6.00. The van der Waals surface area contributed by atoms with Crippen molar-refractivity contribution >= 4 is 23.7 Å². The zero-order chi connectivity index (χ0) is 14.3. The molecule has 3 amide bonds. The minimum Gasteiger partial charge on any atom is -0.335 e. The highest BCUT2D eigenvalue weighted by molar-refractivity contribution is 8.00. The van der Waals surface area contributed by atoms with Gasteiger partial charge in [0, 0.05) is 10.9 Å². The highest BCUT2D eigenvalue weighted by atomic mass is 32.2. The van der Waals surface area contributed by atoms with Crippen molar-refractivity contribution < 1.29 is 14.0 Å². The number of nitrogens with one attached hydrogen (secondary N) is 2. The van der Waals surface area contributed by atoms with Gasteiger partial charge in [-0.15, -0.1) is 11.8 Å². The van der Waals surface area contributed by atoms with E-state index in [0.29, 0.717) is 0 Å². The highest BCUT2D eigenvalue weighted by Crippen LogP contribution is 2.17. The summed E-state index contributed by atoms with van der Waals surface area (Å²) in [4.78, 5) is 23.7. The van der Waals surface area contributed by atoms with Crippen LogP contribution in [0.4, 0.5) is 9.18 Å². The number of carbonyl (C=O) groups is 2.